The third-order valence-electron chi connectivity index (χ3n) is 4.90. The molecule has 0 atom stereocenters. The van der Waals surface area contributed by atoms with Crippen LogP contribution in [0.25, 0.3) is 6.08 Å². The lowest BCUT2D eigenvalue weighted by molar-refractivity contribution is -0.138. The Bertz CT molecular complexity index is 960. The minimum absolute atomic E-state index is 0.201. The van der Waals surface area contributed by atoms with Crippen molar-refractivity contribution in [1.29, 1.82) is 0 Å². The molecule has 5 nitrogen and oxygen atoms in total. The Morgan fingerprint density at radius 3 is 2.45 bits per heavy atom. The van der Waals surface area contributed by atoms with Gasteiger partial charge in [0.25, 0.3) is 5.91 Å². The molecule has 2 aromatic carbocycles. The van der Waals surface area contributed by atoms with E-state index in [0.29, 0.717) is 35.6 Å². The average Bonchev–Trinajstić information content (AvgIpc) is 2.97. The van der Waals surface area contributed by atoms with Gasteiger partial charge in [0, 0.05) is 17.8 Å². The van der Waals surface area contributed by atoms with Gasteiger partial charge in [-0.1, -0.05) is 48.5 Å². The monoisotopic (exact) mass is 391 g/mol. The number of hydrogen-bond acceptors (Lipinski definition) is 4. The second-order valence-electron chi connectivity index (χ2n) is 6.67. The predicted octanol–water partition coefficient (Wildman–Crippen LogP) is 4.00. The van der Waals surface area contributed by atoms with Crippen LogP contribution in [0.4, 0.5) is 0 Å². The third kappa shape index (κ3) is 4.40. The zero-order valence-electron chi connectivity index (χ0n) is 17.0. The van der Waals surface area contributed by atoms with Crippen LogP contribution in [-0.4, -0.2) is 37.0 Å². The summed E-state index contributed by atoms with van der Waals surface area (Å²) in [7, 11) is 1.58. The number of rotatable bonds is 7. The number of hydrogen-bond donors (Lipinski definition) is 0. The Balaban J connectivity index is 1.97. The molecule has 0 bridgehead atoms. The Morgan fingerprint density at radius 2 is 1.76 bits per heavy atom. The first kappa shape index (κ1) is 20.4. The zero-order chi connectivity index (χ0) is 20.8. The maximum absolute atomic E-state index is 13.2. The fraction of sp³-hybridized carbons (Fsp3) is 0.250. The number of para-hydroxylation sites is 1. The van der Waals surface area contributed by atoms with Gasteiger partial charge in [-0.15, -0.1) is 0 Å². The van der Waals surface area contributed by atoms with Crippen LogP contribution in [-0.2, 0) is 20.7 Å². The van der Waals surface area contributed by atoms with Gasteiger partial charge < -0.3 is 14.4 Å². The normalized spacial score (nSPS) is 15.2. The Hall–Kier alpha value is -3.34. The van der Waals surface area contributed by atoms with Crippen LogP contribution in [0.5, 0.6) is 5.75 Å². The number of allylic oxidation sites excluding steroid dienone is 1. The van der Waals surface area contributed by atoms with E-state index in [2.05, 4.69) is 0 Å². The van der Waals surface area contributed by atoms with Crippen LogP contribution < -0.4 is 4.74 Å². The molecule has 5 heteroatoms. The van der Waals surface area contributed by atoms with Crippen LogP contribution in [0.1, 0.15) is 25.0 Å². The summed E-state index contributed by atoms with van der Waals surface area (Å²) in [4.78, 5) is 27.5. The Morgan fingerprint density at radius 1 is 1.07 bits per heavy atom. The van der Waals surface area contributed by atoms with Crippen molar-refractivity contribution in [2.45, 2.75) is 20.3 Å². The minimum atomic E-state index is -0.485. The highest BCUT2D eigenvalue weighted by atomic mass is 16.5. The number of methoxy groups -OCH3 is 1. The quantitative estimate of drug-likeness (QED) is 0.529. The smallest absolute Gasteiger partial charge is 0.340 e. The van der Waals surface area contributed by atoms with E-state index in [-0.39, 0.29) is 12.5 Å². The topological polar surface area (TPSA) is 55.8 Å². The van der Waals surface area contributed by atoms with Gasteiger partial charge in [0.05, 0.1) is 24.9 Å². The lowest BCUT2D eigenvalue weighted by Crippen LogP contribution is -2.27. The van der Waals surface area contributed by atoms with Gasteiger partial charge in [-0.25, -0.2) is 4.79 Å². The summed E-state index contributed by atoms with van der Waals surface area (Å²) in [5, 5.41) is 0. The number of carbonyl (C=O) groups excluding carboxylic acids is 2. The number of carbonyl (C=O) groups is 2. The molecule has 0 unspecified atom stereocenters. The third-order valence-corrected chi connectivity index (χ3v) is 4.90. The van der Waals surface area contributed by atoms with Crippen molar-refractivity contribution < 1.29 is 19.1 Å². The molecule has 29 heavy (non-hydrogen) atoms. The molecule has 2 aromatic rings. The average molecular weight is 391 g/mol. The molecule has 0 saturated carbocycles. The van der Waals surface area contributed by atoms with E-state index in [1.165, 1.54) is 0 Å². The summed E-state index contributed by atoms with van der Waals surface area (Å²) in [6, 6.07) is 17.3. The van der Waals surface area contributed by atoms with Gasteiger partial charge in [0.2, 0.25) is 0 Å². The number of benzene rings is 2. The molecular weight excluding hydrogens is 366 g/mol. The molecule has 1 aliphatic heterocycles. The predicted molar refractivity (Wildman–Crippen MR) is 112 cm³/mol. The standard InChI is InChI=1S/C24H25NO4/c1-4-29-24(27)22-17(2)25(15-14-18-10-6-5-7-11-18)23(26)20(22)16-19-12-8-9-13-21(19)28-3/h5-13,16H,4,14-15H2,1-3H3/b20-16-. The maximum Gasteiger partial charge on any atom is 0.340 e. The molecule has 0 spiro atoms. The van der Waals surface area contributed by atoms with Crippen LogP contribution in [0.2, 0.25) is 0 Å². The van der Waals surface area contributed by atoms with Gasteiger partial charge in [0.15, 0.2) is 0 Å². The highest BCUT2D eigenvalue weighted by Crippen LogP contribution is 2.33. The van der Waals surface area contributed by atoms with E-state index in [9.17, 15) is 9.59 Å². The van der Waals surface area contributed by atoms with Crippen molar-refractivity contribution in [3.8, 4) is 5.75 Å². The van der Waals surface area contributed by atoms with Gasteiger partial charge in [-0.2, -0.15) is 0 Å². The highest BCUT2D eigenvalue weighted by Gasteiger charge is 2.37. The molecule has 150 valence electrons. The number of esters is 1. The molecule has 0 saturated heterocycles. The second kappa shape index (κ2) is 9.24. The second-order valence-corrected chi connectivity index (χ2v) is 6.67. The first-order valence-electron chi connectivity index (χ1n) is 9.65. The van der Waals surface area contributed by atoms with E-state index in [4.69, 9.17) is 9.47 Å². The Kier molecular flexibility index (Phi) is 6.50. The summed E-state index contributed by atoms with van der Waals surface area (Å²) in [5.74, 6) is -0.0505. The Labute approximate surface area is 171 Å². The van der Waals surface area contributed by atoms with E-state index >= 15 is 0 Å². The SMILES string of the molecule is CCOC(=O)C1=C(C)N(CCc2ccccc2)C(=O)/C1=C\c1ccccc1OC. The molecule has 1 amide bonds. The molecule has 0 N–H and O–H groups in total. The molecule has 0 aromatic heterocycles. The summed E-state index contributed by atoms with van der Waals surface area (Å²) in [6.45, 7) is 4.27. The van der Waals surface area contributed by atoms with Gasteiger partial charge >= 0.3 is 5.97 Å². The van der Waals surface area contributed by atoms with Gasteiger partial charge in [-0.3, -0.25) is 4.79 Å². The van der Waals surface area contributed by atoms with E-state index in [1.54, 1.807) is 31.9 Å². The van der Waals surface area contributed by atoms with Crippen LogP contribution in [0, 0.1) is 0 Å². The maximum atomic E-state index is 13.2. The van der Waals surface area contributed by atoms with E-state index in [1.807, 2.05) is 54.6 Å². The summed E-state index contributed by atoms with van der Waals surface area (Å²) in [5.41, 5.74) is 3.13. The van der Waals surface area contributed by atoms with Crippen molar-refractivity contribution >= 4 is 18.0 Å². The number of nitrogens with zero attached hydrogens (tertiary/aromatic N) is 1. The molecular formula is C24H25NO4. The van der Waals surface area contributed by atoms with Gasteiger partial charge in [0.1, 0.15) is 5.75 Å². The lowest BCUT2D eigenvalue weighted by atomic mass is 10.0. The molecule has 3 rings (SSSR count). The van der Waals surface area contributed by atoms with Crippen molar-refractivity contribution in [2.75, 3.05) is 20.3 Å². The van der Waals surface area contributed by atoms with E-state index in [0.717, 1.165) is 11.1 Å². The summed E-state index contributed by atoms with van der Waals surface area (Å²) in [6.07, 6.45) is 2.40. The molecule has 0 aliphatic carbocycles. The first-order chi connectivity index (χ1) is 14.1. The van der Waals surface area contributed by atoms with Crippen LogP contribution in [0.3, 0.4) is 0 Å². The fourth-order valence-corrected chi connectivity index (χ4v) is 3.43. The van der Waals surface area contributed by atoms with E-state index < -0.39 is 5.97 Å². The minimum Gasteiger partial charge on any atom is -0.496 e. The lowest BCUT2D eigenvalue weighted by Gasteiger charge is -2.17. The van der Waals surface area contributed by atoms with Crippen molar-refractivity contribution in [2.24, 2.45) is 0 Å². The van der Waals surface area contributed by atoms with Crippen molar-refractivity contribution in [3.63, 3.8) is 0 Å². The fourth-order valence-electron chi connectivity index (χ4n) is 3.43. The summed E-state index contributed by atoms with van der Waals surface area (Å²) >= 11 is 0. The van der Waals surface area contributed by atoms with Crippen molar-refractivity contribution in [1.82, 2.24) is 4.90 Å². The molecule has 1 aliphatic rings. The largest absolute Gasteiger partial charge is 0.496 e. The zero-order valence-corrected chi connectivity index (χ0v) is 17.0. The van der Waals surface area contributed by atoms with Crippen molar-refractivity contribution in [3.05, 3.63) is 82.6 Å². The molecule has 1 heterocycles. The van der Waals surface area contributed by atoms with Crippen LogP contribution in [0.15, 0.2) is 71.4 Å². The number of ether oxygens (including phenoxy) is 2. The molecule has 0 radical (unpaired) electrons. The first-order valence-corrected chi connectivity index (χ1v) is 9.65. The van der Waals surface area contributed by atoms with Gasteiger partial charge in [-0.05, 0) is 38.0 Å². The molecule has 0 fully saturated rings. The highest BCUT2D eigenvalue weighted by molar-refractivity contribution is 6.16. The summed E-state index contributed by atoms with van der Waals surface area (Å²) < 4.78 is 10.6. The van der Waals surface area contributed by atoms with Crippen LogP contribution >= 0.6 is 0 Å². The number of amides is 1.